The molecule has 1 rings (SSSR count). The zero-order chi connectivity index (χ0) is 11.3. The van der Waals surface area contributed by atoms with Crippen LogP contribution in [0.2, 0.25) is 4.34 Å². The summed E-state index contributed by atoms with van der Waals surface area (Å²) in [6.07, 6.45) is 2.50. The Kier molecular flexibility index (Phi) is 5.65. The number of thiophene rings is 1. The minimum absolute atomic E-state index is 0.411. The highest BCUT2D eigenvalue weighted by molar-refractivity contribution is 7.14. The van der Waals surface area contributed by atoms with E-state index >= 15 is 0 Å². The van der Waals surface area contributed by atoms with Crippen LogP contribution < -0.4 is 5.32 Å². The first-order valence-corrected chi connectivity index (χ1v) is 6.90. The maximum absolute atomic E-state index is 5.91. The van der Waals surface area contributed by atoms with Crippen LogP contribution in [0.5, 0.6) is 0 Å². The average Bonchev–Trinajstić information content (AvgIpc) is 2.66. The van der Waals surface area contributed by atoms with Crippen molar-refractivity contribution in [2.45, 2.75) is 39.7 Å². The molecule has 1 aromatic rings. The van der Waals surface area contributed by atoms with E-state index in [2.05, 4.69) is 37.5 Å². The van der Waals surface area contributed by atoms with Gasteiger partial charge in [0.25, 0.3) is 0 Å². The van der Waals surface area contributed by atoms with Gasteiger partial charge >= 0.3 is 0 Å². The molecule has 0 aliphatic heterocycles. The molecule has 3 heteroatoms. The first-order chi connectivity index (χ1) is 7.17. The van der Waals surface area contributed by atoms with Crippen molar-refractivity contribution in [1.82, 2.24) is 5.32 Å². The molecule has 0 aliphatic carbocycles. The first kappa shape index (κ1) is 13.0. The first-order valence-electron chi connectivity index (χ1n) is 5.64. The second-order valence-electron chi connectivity index (χ2n) is 4.00. The number of nitrogens with one attached hydrogen (secondary N) is 1. The summed E-state index contributed by atoms with van der Waals surface area (Å²) in [5.74, 6) is 0.793. The van der Waals surface area contributed by atoms with E-state index in [-0.39, 0.29) is 0 Å². The molecule has 1 N–H and O–H groups in total. The van der Waals surface area contributed by atoms with Gasteiger partial charge in [-0.2, -0.15) is 0 Å². The number of halogens is 1. The van der Waals surface area contributed by atoms with Gasteiger partial charge in [0.05, 0.1) is 4.34 Å². The largest absolute Gasteiger partial charge is 0.310 e. The van der Waals surface area contributed by atoms with Crippen LogP contribution >= 0.6 is 22.9 Å². The number of rotatable bonds is 6. The van der Waals surface area contributed by atoms with Crippen molar-refractivity contribution in [3.63, 3.8) is 0 Å². The highest BCUT2D eigenvalue weighted by Crippen LogP contribution is 2.24. The van der Waals surface area contributed by atoms with Gasteiger partial charge < -0.3 is 5.32 Å². The standard InChI is InChI=1S/C12H20ClNS/c1-4-10(5-2)7-14-9(3)11-6-12(13)15-8-11/h6,8-10,14H,4-5,7H2,1-3H3. The predicted octanol–water partition coefficient (Wildman–Crippen LogP) is 4.49. The van der Waals surface area contributed by atoms with Gasteiger partial charge in [0.15, 0.2) is 0 Å². The molecule has 1 atom stereocenters. The molecule has 0 saturated heterocycles. The molecule has 86 valence electrons. The van der Waals surface area contributed by atoms with Crippen LogP contribution in [-0.4, -0.2) is 6.54 Å². The number of hydrogen-bond acceptors (Lipinski definition) is 2. The van der Waals surface area contributed by atoms with E-state index in [1.165, 1.54) is 18.4 Å². The summed E-state index contributed by atoms with van der Waals surface area (Å²) in [5, 5.41) is 5.69. The fraction of sp³-hybridized carbons (Fsp3) is 0.667. The van der Waals surface area contributed by atoms with Crippen molar-refractivity contribution in [1.29, 1.82) is 0 Å². The summed E-state index contributed by atoms with van der Waals surface area (Å²) in [5.41, 5.74) is 1.30. The second kappa shape index (κ2) is 6.51. The molecule has 0 spiro atoms. The zero-order valence-electron chi connectivity index (χ0n) is 9.72. The second-order valence-corrected chi connectivity index (χ2v) is 5.54. The summed E-state index contributed by atoms with van der Waals surface area (Å²) in [6, 6.07) is 2.46. The minimum Gasteiger partial charge on any atom is -0.310 e. The lowest BCUT2D eigenvalue weighted by Gasteiger charge is -2.17. The molecular weight excluding hydrogens is 226 g/mol. The summed E-state index contributed by atoms with van der Waals surface area (Å²) < 4.78 is 0.876. The molecular formula is C12H20ClNS. The Morgan fingerprint density at radius 1 is 1.40 bits per heavy atom. The number of hydrogen-bond donors (Lipinski definition) is 1. The Hall–Kier alpha value is -0.0500. The lowest BCUT2D eigenvalue weighted by Crippen LogP contribution is -2.24. The third kappa shape index (κ3) is 4.13. The van der Waals surface area contributed by atoms with Crippen molar-refractivity contribution < 1.29 is 0 Å². The Morgan fingerprint density at radius 3 is 2.53 bits per heavy atom. The summed E-state index contributed by atoms with van der Waals surface area (Å²) in [6.45, 7) is 7.80. The van der Waals surface area contributed by atoms with E-state index in [1.807, 2.05) is 0 Å². The van der Waals surface area contributed by atoms with Gasteiger partial charge in [-0.05, 0) is 36.4 Å². The monoisotopic (exact) mass is 245 g/mol. The molecule has 15 heavy (non-hydrogen) atoms. The Bertz CT molecular complexity index is 281. The quantitative estimate of drug-likeness (QED) is 0.779. The van der Waals surface area contributed by atoms with Crippen LogP contribution in [0.15, 0.2) is 11.4 Å². The lowest BCUT2D eigenvalue weighted by atomic mass is 10.0. The maximum Gasteiger partial charge on any atom is 0.0931 e. The Morgan fingerprint density at radius 2 is 2.07 bits per heavy atom. The topological polar surface area (TPSA) is 12.0 Å². The molecule has 0 aliphatic rings. The van der Waals surface area contributed by atoms with Crippen molar-refractivity contribution in [3.05, 3.63) is 21.3 Å². The summed E-state index contributed by atoms with van der Waals surface area (Å²) in [4.78, 5) is 0. The van der Waals surface area contributed by atoms with Crippen LogP contribution in [0.4, 0.5) is 0 Å². The Balaban J connectivity index is 2.39. The van der Waals surface area contributed by atoms with Crippen LogP contribution in [0.3, 0.4) is 0 Å². The molecule has 1 aromatic heterocycles. The highest BCUT2D eigenvalue weighted by Gasteiger charge is 2.09. The van der Waals surface area contributed by atoms with Crippen molar-refractivity contribution in [2.75, 3.05) is 6.54 Å². The van der Waals surface area contributed by atoms with Gasteiger partial charge in [0.1, 0.15) is 0 Å². The van der Waals surface area contributed by atoms with Gasteiger partial charge in [0.2, 0.25) is 0 Å². The summed E-state index contributed by atoms with van der Waals surface area (Å²) in [7, 11) is 0. The van der Waals surface area contributed by atoms with Crippen molar-refractivity contribution in [2.24, 2.45) is 5.92 Å². The van der Waals surface area contributed by atoms with Gasteiger partial charge in [-0.1, -0.05) is 38.3 Å². The molecule has 0 amide bonds. The molecule has 0 radical (unpaired) electrons. The van der Waals surface area contributed by atoms with E-state index in [4.69, 9.17) is 11.6 Å². The molecule has 1 heterocycles. The fourth-order valence-corrected chi connectivity index (χ4v) is 2.57. The van der Waals surface area contributed by atoms with Gasteiger partial charge in [-0.3, -0.25) is 0 Å². The average molecular weight is 246 g/mol. The van der Waals surface area contributed by atoms with E-state index in [0.717, 1.165) is 16.8 Å². The van der Waals surface area contributed by atoms with E-state index < -0.39 is 0 Å². The lowest BCUT2D eigenvalue weighted by molar-refractivity contribution is 0.423. The minimum atomic E-state index is 0.411. The van der Waals surface area contributed by atoms with Crippen LogP contribution in [0.25, 0.3) is 0 Å². The molecule has 1 unspecified atom stereocenters. The third-order valence-electron chi connectivity index (χ3n) is 2.96. The smallest absolute Gasteiger partial charge is 0.0931 e. The maximum atomic E-state index is 5.91. The highest BCUT2D eigenvalue weighted by atomic mass is 35.5. The van der Waals surface area contributed by atoms with Crippen molar-refractivity contribution >= 4 is 22.9 Å². The van der Waals surface area contributed by atoms with Crippen LogP contribution in [0, 0.1) is 5.92 Å². The van der Waals surface area contributed by atoms with Crippen LogP contribution in [-0.2, 0) is 0 Å². The molecule has 0 aromatic carbocycles. The van der Waals surface area contributed by atoms with Gasteiger partial charge in [-0.15, -0.1) is 11.3 Å². The summed E-state index contributed by atoms with van der Waals surface area (Å²) >= 11 is 7.52. The fourth-order valence-electron chi connectivity index (χ4n) is 1.59. The predicted molar refractivity (Wildman–Crippen MR) is 69.8 cm³/mol. The molecule has 1 nitrogen and oxygen atoms in total. The van der Waals surface area contributed by atoms with Crippen LogP contribution in [0.1, 0.15) is 45.2 Å². The molecule has 0 saturated carbocycles. The van der Waals surface area contributed by atoms with E-state index in [1.54, 1.807) is 11.3 Å². The molecule has 0 fully saturated rings. The van der Waals surface area contributed by atoms with Gasteiger partial charge in [-0.25, -0.2) is 0 Å². The normalized spacial score (nSPS) is 13.4. The zero-order valence-corrected chi connectivity index (χ0v) is 11.3. The third-order valence-corrected chi connectivity index (χ3v) is 4.06. The van der Waals surface area contributed by atoms with Crippen molar-refractivity contribution in [3.8, 4) is 0 Å². The van der Waals surface area contributed by atoms with E-state index in [0.29, 0.717) is 6.04 Å². The van der Waals surface area contributed by atoms with Gasteiger partial charge in [0, 0.05) is 6.04 Å². The SMILES string of the molecule is CCC(CC)CNC(C)c1csc(Cl)c1. The van der Waals surface area contributed by atoms with E-state index in [9.17, 15) is 0 Å². The Labute approximate surface area is 102 Å². The molecule has 0 bridgehead atoms.